The van der Waals surface area contributed by atoms with Gasteiger partial charge in [-0.1, -0.05) is 65.5 Å². The Morgan fingerprint density at radius 3 is 1.56 bits per heavy atom. The average molecular weight is 513 g/mol. The molecule has 32 heavy (non-hydrogen) atoms. The maximum Gasteiger partial charge on any atom is 0.425 e. The number of hydrazine groups is 1. The van der Waals surface area contributed by atoms with Crippen LogP contribution in [0.25, 0.3) is 0 Å². The molecule has 0 fully saturated rings. The summed E-state index contributed by atoms with van der Waals surface area (Å²) < 4.78 is 7.62. The first-order chi connectivity index (χ1) is 14.9. The predicted molar refractivity (Wildman–Crippen MR) is 131 cm³/mol. The van der Waals surface area contributed by atoms with Crippen molar-refractivity contribution in [3.05, 3.63) is 104 Å². The van der Waals surface area contributed by atoms with Crippen LogP contribution in [-0.4, -0.2) is 23.0 Å². The fourth-order valence-corrected chi connectivity index (χ4v) is 7.70. The molecule has 0 aliphatic rings. The molecule has 0 atom stereocenters. The Balaban J connectivity index is 0.00000363. The monoisotopic (exact) mass is 512 g/mol. The molecule has 0 heterocycles. The largest absolute Gasteiger partial charge is 1.00 e. The minimum atomic E-state index is -2.45. The van der Waals surface area contributed by atoms with Crippen molar-refractivity contribution >= 4 is 29.4 Å². The lowest BCUT2D eigenvalue weighted by atomic mass is 10.2. The molecule has 0 aromatic heterocycles. The minimum absolute atomic E-state index is 0. The Kier molecular flexibility index (Phi) is 9.21. The highest BCUT2D eigenvalue weighted by molar-refractivity contribution is 7.93. The van der Waals surface area contributed by atoms with Crippen LogP contribution in [0.1, 0.15) is 20.8 Å². The fraction of sp³-hybridized carbons (Fsp3) is 0.192. The SMILES string of the molecule is C=CCN(NC(=O)OC(C)(C)C)[P+](c1ccccc1)(c1ccccc1)c1ccccc1.[Br-]. The summed E-state index contributed by atoms with van der Waals surface area (Å²) >= 11 is 0. The zero-order valence-corrected chi connectivity index (χ0v) is 21.2. The second kappa shape index (κ2) is 11.4. The summed E-state index contributed by atoms with van der Waals surface area (Å²) in [6.45, 7) is 9.99. The third kappa shape index (κ3) is 5.86. The van der Waals surface area contributed by atoms with E-state index in [1.54, 1.807) is 6.08 Å². The number of carbonyl (C=O) groups is 1. The van der Waals surface area contributed by atoms with Gasteiger partial charge >= 0.3 is 6.09 Å². The molecule has 0 saturated carbocycles. The molecule has 3 aromatic rings. The highest BCUT2D eigenvalue weighted by Gasteiger charge is 2.52. The van der Waals surface area contributed by atoms with Gasteiger partial charge in [-0.3, -0.25) is 0 Å². The molecule has 168 valence electrons. The van der Waals surface area contributed by atoms with Crippen molar-refractivity contribution in [3.8, 4) is 0 Å². The van der Waals surface area contributed by atoms with Gasteiger partial charge in [0.25, 0.3) is 0 Å². The first-order valence-electron chi connectivity index (χ1n) is 10.3. The smallest absolute Gasteiger partial charge is 0.425 e. The zero-order chi connectivity index (χ0) is 22.3. The summed E-state index contributed by atoms with van der Waals surface area (Å²) in [4.78, 5) is 12.9. The van der Waals surface area contributed by atoms with E-state index in [9.17, 15) is 4.79 Å². The summed E-state index contributed by atoms with van der Waals surface area (Å²) in [6, 6.07) is 31.0. The molecule has 3 aromatic carbocycles. The highest BCUT2D eigenvalue weighted by atomic mass is 79.9. The van der Waals surface area contributed by atoms with Crippen molar-refractivity contribution in [2.24, 2.45) is 0 Å². The van der Waals surface area contributed by atoms with E-state index < -0.39 is 19.1 Å². The van der Waals surface area contributed by atoms with Crippen LogP contribution in [0.15, 0.2) is 104 Å². The summed E-state index contributed by atoms with van der Waals surface area (Å²) in [5.41, 5.74) is 2.46. The molecule has 0 saturated heterocycles. The van der Waals surface area contributed by atoms with Gasteiger partial charge in [0.15, 0.2) is 0 Å². The van der Waals surface area contributed by atoms with E-state index in [0.717, 1.165) is 15.9 Å². The number of hydrogen-bond acceptors (Lipinski definition) is 3. The van der Waals surface area contributed by atoms with Crippen LogP contribution in [0.5, 0.6) is 0 Å². The van der Waals surface area contributed by atoms with Crippen molar-refractivity contribution in [1.29, 1.82) is 0 Å². The first kappa shape index (κ1) is 25.8. The van der Waals surface area contributed by atoms with Crippen LogP contribution >= 0.6 is 7.41 Å². The van der Waals surface area contributed by atoms with Gasteiger partial charge in [-0.25, -0.2) is 10.2 Å². The number of ether oxygens (including phenoxy) is 1. The van der Waals surface area contributed by atoms with Crippen molar-refractivity contribution < 1.29 is 26.5 Å². The topological polar surface area (TPSA) is 41.6 Å². The second-order valence-corrected chi connectivity index (χ2v) is 11.4. The Hall–Kier alpha value is -2.46. The summed E-state index contributed by atoms with van der Waals surface area (Å²) in [7, 11) is -2.45. The van der Waals surface area contributed by atoms with Crippen LogP contribution in [0, 0.1) is 0 Å². The molecule has 0 unspecified atom stereocenters. The first-order valence-corrected chi connectivity index (χ1v) is 12.1. The van der Waals surface area contributed by atoms with Crippen molar-refractivity contribution in [3.63, 3.8) is 0 Å². The average Bonchev–Trinajstić information content (AvgIpc) is 2.75. The number of halogens is 1. The van der Waals surface area contributed by atoms with E-state index in [-0.39, 0.29) is 17.0 Å². The standard InChI is InChI=1S/C26H29N2O2P.BrH/c1-5-21-28(27-25(29)30-26(2,3)4)31(22-15-9-6-10-16-22,23-17-11-7-12-18-23)24-19-13-8-14-20-24;/h5-20H,1,21H2,2-4H3;1H. The third-order valence-electron chi connectivity index (χ3n) is 4.67. The summed E-state index contributed by atoms with van der Waals surface area (Å²) in [6.07, 6.45) is 1.32. The van der Waals surface area contributed by atoms with E-state index in [2.05, 4.69) is 48.4 Å². The molecule has 0 spiro atoms. The number of benzene rings is 3. The van der Waals surface area contributed by atoms with E-state index in [1.165, 1.54) is 0 Å². The normalized spacial score (nSPS) is 11.4. The maximum atomic E-state index is 12.9. The Morgan fingerprint density at radius 1 is 0.875 bits per heavy atom. The molecular weight excluding hydrogens is 483 g/mol. The zero-order valence-electron chi connectivity index (χ0n) is 18.7. The third-order valence-corrected chi connectivity index (χ3v) is 8.80. The van der Waals surface area contributed by atoms with Gasteiger partial charge in [0.1, 0.15) is 21.5 Å². The van der Waals surface area contributed by atoms with E-state index in [1.807, 2.05) is 80.1 Å². The van der Waals surface area contributed by atoms with Gasteiger partial charge < -0.3 is 21.7 Å². The van der Waals surface area contributed by atoms with Gasteiger partial charge in [-0.15, -0.1) is 6.58 Å². The van der Waals surface area contributed by atoms with Crippen LogP contribution in [-0.2, 0) is 4.74 Å². The van der Waals surface area contributed by atoms with Crippen LogP contribution in [0.3, 0.4) is 0 Å². The molecule has 0 bridgehead atoms. The molecule has 3 rings (SSSR count). The van der Waals surface area contributed by atoms with Crippen molar-refractivity contribution in [2.45, 2.75) is 26.4 Å². The van der Waals surface area contributed by atoms with Crippen LogP contribution < -0.4 is 38.3 Å². The lowest BCUT2D eigenvalue weighted by Gasteiger charge is -2.36. The molecule has 0 radical (unpaired) electrons. The van der Waals surface area contributed by atoms with E-state index in [4.69, 9.17) is 4.74 Å². The summed E-state index contributed by atoms with van der Waals surface area (Å²) in [5, 5.41) is 3.39. The van der Waals surface area contributed by atoms with Crippen LogP contribution in [0.2, 0.25) is 0 Å². The minimum Gasteiger partial charge on any atom is -1.00 e. The highest BCUT2D eigenvalue weighted by Crippen LogP contribution is 2.57. The second-order valence-electron chi connectivity index (χ2n) is 8.13. The number of nitrogens with one attached hydrogen (secondary N) is 1. The van der Waals surface area contributed by atoms with Crippen molar-refractivity contribution in [2.75, 3.05) is 6.54 Å². The molecule has 6 heteroatoms. The van der Waals surface area contributed by atoms with Crippen LogP contribution in [0.4, 0.5) is 4.79 Å². The molecular formula is C26H30BrN2O2P. The Bertz CT molecular complexity index is 896. The van der Waals surface area contributed by atoms with Gasteiger partial charge in [0.2, 0.25) is 7.41 Å². The Labute approximate surface area is 202 Å². The fourth-order valence-electron chi connectivity index (χ4n) is 3.57. The summed E-state index contributed by atoms with van der Waals surface area (Å²) in [5.74, 6) is 0. The number of nitrogens with zero attached hydrogens (tertiary/aromatic N) is 1. The lowest BCUT2D eigenvalue weighted by molar-refractivity contribution is -0.0000313. The van der Waals surface area contributed by atoms with Crippen molar-refractivity contribution in [1.82, 2.24) is 10.2 Å². The van der Waals surface area contributed by atoms with E-state index in [0.29, 0.717) is 6.54 Å². The Morgan fingerprint density at radius 2 is 1.25 bits per heavy atom. The lowest BCUT2D eigenvalue weighted by Crippen LogP contribution is -3.00. The number of rotatable bonds is 7. The van der Waals surface area contributed by atoms with E-state index >= 15 is 0 Å². The predicted octanol–water partition coefficient (Wildman–Crippen LogP) is 1.83. The number of amides is 1. The maximum absolute atomic E-state index is 12.9. The number of hydrogen-bond donors (Lipinski definition) is 1. The molecule has 4 nitrogen and oxygen atoms in total. The van der Waals surface area contributed by atoms with Gasteiger partial charge in [-0.2, -0.15) is 0 Å². The van der Waals surface area contributed by atoms with Gasteiger partial charge in [-0.05, 0) is 57.2 Å². The quantitative estimate of drug-likeness (QED) is 0.298. The number of carbonyl (C=O) groups excluding carboxylic acids is 1. The van der Waals surface area contributed by atoms with Gasteiger partial charge in [0, 0.05) is 0 Å². The molecule has 0 aliphatic carbocycles. The molecule has 1 amide bonds. The molecule has 1 N–H and O–H groups in total. The van der Waals surface area contributed by atoms with Gasteiger partial charge in [0.05, 0.1) is 6.54 Å². The molecule has 0 aliphatic heterocycles.